The minimum absolute atomic E-state index is 0.0360. The molecule has 0 aliphatic heterocycles. The largest absolute Gasteiger partial charge is 0.497 e. The number of nitrogens with zero attached hydrogens (tertiary/aromatic N) is 1. The molecule has 0 unspecified atom stereocenters. The predicted octanol–water partition coefficient (Wildman–Crippen LogP) is 2.79. The number of aliphatic hydroxyl groups is 1. The maximum atomic E-state index is 9.59. The number of hydrogen-bond donors (Lipinski definition) is 1. The highest BCUT2D eigenvalue weighted by atomic mass is 16.5. The highest BCUT2D eigenvalue weighted by molar-refractivity contribution is 5.20. The fourth-order valence-electron chi connectivity index (χ4n) is 2.43. The van der Waals surface area contributed by atoms with Gasteiger partial charge in [0.1, 0.15) is 5.75 Å². The lowest BCUT2D eigenvalue weighted by atomic mass is 9.86. The van der Waals surface area contributed by atoms with Crippen LogP contribution in [0, 0.1) is 5.92 Å². The second-order valence-corrected chi connectivity index (χ2v) is 5.39. The minimum Gasteiger partial charge on any atom is -0.497 e. The Morgan fingerprint density at radius 2 is 1.79 bits per heavy atom. The van der Waals surface area contributed by atoms with Gasteiger partial charge >= 0.3 is 0 Å². The second-order valence-electron chi connectivity index (χ2n) is 5.39. The van der Waals surface area contributed by atoms with Crippen LogP contribution in [0.1, 0.15) is 25.7 Å². The molecule has 3 heteroatoms. The summed E-state index contributed by atoms with van der Waals surface area (Å²) in [6, 6.07) is 9.68. The molecule has 108 valence electrons. The van der Waals surface area contributed by atoms with Crippen LogP contribution >= 0.6 is 0 Å². The molecule has 1 aliphatic rings. The Hall–Kier alpha value is -1.06. The summed E-state index contributed by atoms with van der Waals surface area (Å²) in [5.41, 5.74) is 0. The van der Waals surface area contributed by atoms with Crippen molar-refractivity contribution in [3.05, 3.63) is 30.3 Å². The standard InChI is InChI=1S/C9H19NO.C7H8O/c1-10(2)7-8-5-3-4-6-9(8)11;1-8-7-5-3-2-4-6-7/h8-9,11H,3-7H2,1-2H3;2-6H,1H3/t8-,9-;/m0./s1. The van der Waals surface area contributed by atoms with Gasteiger partial charge in [-0.25, -0.2) is 0 Å². The summed E-state index contributed by atoms with van der Waals surface area (Å²) in [4.78, 5) is 2.17. The monoisotopic (exact) mass is 265 g/mol. The van der Waals surface area contributed by atoms with Crippen molar-refractivity contribution >= 4 is 0 Å². The molecule has 1 fully saturated rings. The van der Waals surface area contributed by atoms with Gasteiger partial charge in [-0.2, -0.15) is 0 Å². The van der Waals surface area contributed by atoms with Gasteiger partial charge in [0.25, 0.3) is 0 Å². The van der Waals surface area contributed by atoms with Gasteiger partial charge < -0.3 is 14.7 Å². The summed E-state index contributed by atoms with van der Waals surface area (Å²) in [5.74, 6) is 1.44. The van der Waals surface area contributed by atoms with E-state index in [0.29, 0.717) is 5.92 Å². The van der Waals surface area contributed by atoms with E-state index < -0.39 is 0 Å². The first-order valence-electron chi connectivity index (χ1n) is 7.05. The van der Waals surface area contributed by atoms with Gasteiger partial charge in [-0.15, -0.1) is 0 Å². The molecule has 0 saturated heterocycles. The smallest absolute Gasteiger partial charge is 0.118 e. The van der Waals surface area contributed by atoms with Crippen LogP contribution in [0.25, 0.3) is 0 Å². The minimum atomic E-state index is -0.0360. The van der Waals surface area contributed by atoms with Gasteiger partial charge in [0.15, 0.2) is 0 Å². The Labute approximate surface area is 117 Å². The number of aliphatic hydroxyl groups excluding tert-OH is 1. The number of ether oxygens (including phenoxy) is 1. The molecule has 1 aromatic carbocycles. The van der Waals surface area contributed by atoms with E-state index >= 15 is 0 Å². The summed E-state index contributed by atoms with van der Waals surface area (Å²) in [6.07, 6.45) is 4.70. The Balaban J connectivity index is 0.000000200. The molecule has 0 aromatic heterocycles. The summed E-state index contributed by atoms with van der Waals surface area (Å²) in [6.45, 7) is 1.04. The second kappa shape index (κ2) is 8.94. The van der Waals surface area contributed by atoms with E-state index in [1.54, 1.807) is 7.11 Å². The van der Waals surface area contributed by atoms with Gasteiger partial charge in [-0.05, 0) is 45.0 Å². The van der Waals surface area contributed by atoms with Crippen molar-refractivity contribution in [2.45, 2.75) is 31.8 Å². The number of hydrogen-bond acceptors (Lipinski definition) is 3. The predicted molar refractivity (Wildman–Crippen MR) is 79.5 cm³/mol. The average molecular weight is 265 g/mol. The molecule has 0 bridgehead atoms. The Morgan fingerprint density at radius 3 is 2.26 bits per heavy atom. The van der Waals surface area contributed by atoms with Crippen LogP contribution in [0.3, 0.4) is 0 Å². The Morgan fingerprint density at radius 1 is 1.16 bits per heavy atom. The molecule has 2 atom stereocenters. The van der Waals surface area contributed by atoms with E-state index in [0.717, 1.165) is 18.7 Å². The van der Waals surface area contributed by atoms with E-state index in [9.17, 15) is 5.11 Å². The zero-order valence-corrected chi connectivity index (χ0v) is 12.4. The molecule has 1 N–H and O–H groups in total. The average Bonchev–Trinajstić information content (AvgIpc) is 2.43. The van der Waals surface area contributed by atoms with Crippen LogP contribution in [0.15, 0.2) is 30.3 Å². The normalized spacial score (nSPS) is 22.6. The van der Waals surface area contributed by atoms with Crippen LogP contribution in [-0.4, -0.2) is 43.9 Å². The van der Waals surface area contributed by atoms with Gasteiger partial charge in [0, 0.05) is 6.54 Å². The first-order chi connectivity index (χ1) is 9.13. The third-order valence-electron chi connectivity index (χ3n) is 3.45. The van der Waals surface area contributed by atoms with Crippen molar-refractivity contribution in [2.75, 3.05) is 27.7 Å². The topological polar surface area (TPSA) is 32.7 Å². The fraction of sp³-hybridized carbons (Fsp3) is 0.625. The third kappa shape index (κ3) is 6.60. The van der Waals surface area contributed by atoms with Crippen molar-refractivity contribution in [1.82, 2.24) is 4.90 Å². The number of para-hydroxylation sites is 1. The van der Waals surface area contributed by atoms with Crippen molar-refractivity contribution in [2.24, 2.45) is 5.92 Å². The molecule has 2 rings (SSSR count). The highest BCUT2D eigenvalue weighted by Gasteiger charge is 2.22. The van der Waals surface area contributed by atoms with Gasteiger partial charge in [0.2, 0.25) is 0 Å². The van der Waals surface area contributed by atoms with E-state index in [2.05, 4.69) is 19.0 Å². The van der Waals surface area contributed by atoms with E-state index in [4.69, 9.17) is 4.74 Å². The Bertz CT molecular complexity index is 327. The molecule has 19 heavy (non-hydrogen) atoms. The summed E-state index contributed by atoms with van der Waals surface area (Å²) >= 11 is 0. The van der Waals surface area contributed by atoms with Crippen molar-refractivity contribution in [3.63, 3.8) is 0 Å². The number of methoxy groups -OCH3 is 1. The lowest BCUT2D eigenvalue weighted by Crippen LogP contribution is -2.33. The van der Waals surface area contributed by atoms with Crippen LogP contribution in [0.2, 0.25) is 0 Å². The van der Waals surface area contributed by atoms with E-state index in [1.165, 1.54) is 19.3 Å². The fourth-order valence-corrected chi connectivity index (χ4v) is 2.43. The third-order valence-corrected chi connectivity index (χ3v) is 3.45. The molecule has 0 spiro atoms. The first kappa shape index (κ1) is 16.0. The zero-order chi connectivity index (χ0) is 14.1. The van der Waals surface area contributed by atoms with Crippen molar-refractivity contribution < 1.29 is 9.84 Å². The molecule has 0 amide bonds. The maximum Gasteiger partial charge on any atom is 0.118 e. The molecule has 3 nitrogen and oxygen atoms in total. The van der Waals surface area contributed by atoms with Crippen LogP contribution in [0.4, 0.5) is 0 Å². The van der Waals surface area contributed by atoms with E-state index in [-0.39, 0.29) is 6.10 Å². The van der Waals surface area contributed by atoms with Crippen LogP contribution in [0.5, 0.6) is 5.75 Å². The summed E-state index contributed by atoms with van der Waals surface area (Å²) in [5, 5.41) is 9.59. The highest BCUT2D eigenvalue weighted by Crippen LogP contribution is 2.24. The summed E-state index contributed by atoms with van der Waals surface area (Å²) < 4.78 is 4.91. The zero-order valence-electron chi connectivity index (χ0n) is 12.4. The van der Waals surface area contributed by atoms with Crippen molar-refractivity contribution in [3.8, 4) is 5.75 Å². The quantitative estimate of drug-likeness (QED) is 0.912. The first-order valence-corrected chi connectivity index (χ1v) is 7.05. The van der Waals surface area contributed by atoms with Gasteiger partial charge in [0.05, 0.1) is 13.2 Å². The molecule has 1 saturated carbocycles. The van der Waals surface area contributed by atoms with Crippen molar-refractivity contribution in [1.29, 1.82) is 0 Å². The number of rotatable bonds is 3. The molecular formula is C16H27NO2. The van der Waals surface area contributed by atoms with E-state index in [1.807, 2.05) is 30.3 Å². The summed E-state index contributed by atoms with van der Waals surface area (Å²) in [7, 11) is 5.80. The number of benzene rings is 1. The molecule has 0 heterocycles. The molecule has 0 radical (unpaired) electrons. The van der Waals surface area contributed by atoms with Gasteiger partial charge in [-0.3, -0.25) is 0 Å². The molecule has 1 aliphatic carbocycles. The maximum absolute atomic E-state index is 9.59. The van der Waals surface area contributed by atoms with Crippen LogP contribution in [-0.2, 0) is 0 Å². The Kier molecular flexibility index (Phi) is 7.53. The lowest BCUT2D eigenvalue weighted by molar-refractivity contribution is 0.0555. The van der Waals surface area contributed by atoms with Crippen LogP contribution < -0.4 is 4.74 Å². The molecule has 1 aromatic rings. The van der Waals surface area contributed by atoms with Gasteiger partial charge in [-0.1, -0.05) is 31.0 Å². The SMILES string of the molecule is CN(C)C[C@@H]1CCCC[C@@H]1O.COc1ccccc1. The lowest BCUT2D eigenvalue weighted by Gasteiger charge is -2.29. The molecular weight excluding hydrogens is 238 g/mol.